The van der Waals surface area contributed by atoms with Crippen LogP contribution < -0.4 is 5.73 Å². The van der Waals surface area contributed by atoms with Crippen molar-refractivity contribution in [2.45, 2.75) is 31.4 Å². The summed E-state index contributed by atoms with van der Waals surface area (Å²) in [4.78, 5) is 28.5. The Hall–Kier alpha value is -1.92. The highest BCUT2D eigenvalue weighted by atomic mass is 16.5. The van der Waals surface area contributed by atoms with Gasteiger partial charge >= 0.3 is 0 Å². The first-order chi connectivity index (χ1) is 11.6. The number of primary amides is 1. The number of aryl methyl sites for hydroxylation is 1. The minimum atomic E-state index is -0.446. The molecule has 2 aliphatic heterocycles. The fraction of sp³-hybridized carbons (Fsp3) is 0.556. The van der Waals surface area contributed by atoms with Crippen LogP contribution in [0.2, 0.25) is 0 Å². The molecule has 0 saturated carbocycles. The third-order valence-electron chi connectivity index (χ3n) is 5.00. The zero-order valence-electron chi connectivity index (χ0n) is 14.1. The molecular formula is C18H25N3O3. The van der Waals surface area contributed by atoms with Crippen molar-refractivity contribution in [2.24, 2.45) is 5.73 Å². The first-order valence-electron chi connectivity index (χ1n) is 8.53. The van der Waals surface area contributed by atoms with E-state index >= 15 is 0 Å². The second-order valence-corrected chi connectivity index (χ2v) is 6.64. The lowest BCUT2D eigenvalue weighted by Gasteiger charge is -2.46. The summed E-state index contributed by atoms with van der Waals surface area (Å²) < 4.78 is 5.84. The van der Waals surface area contributed by atoms with Crippen LogP contribution in [0, 0.1) is 0 Å². The SMILES string of the molecule is CN1CC[C@H]2OCCN(C(=O)CCc3ccccc3C(N)=O)[C@@H]2C1. The lowest BCUT2D eigenvalue weighted by molar-refractivity contribution is -0.151. The molecule has 3 rings (SSSR count). The molecule has 2 fully saturated rings. The molecule has 0 radical (unpaired) electrons. The van der Waals surface area contributed by atoms with E-state index < -0.39 is 5.91 Å². The number of piperidine rings is 1. The fourth-order valence-corrected chi connectivity index (χ4v) is 3.70. The number of carbonyl (C=O) groups excluding carboxylic acids is 2. The number of nitrogens with two attached hydrogens (primary N) is 1. The van der Waals surface area contributed by atoms with Gasteiger partial charge in [-0.25, -0.2) is 0 Å². The van der Waals surface area contributed by atoms with Gasteiger partial charge in [-0.1, -0.05) is 18.2 Å². The van der Waals surface area contributed by atoms with Gasteiger partial charge in [0.1, 0.15) is 0 Å². The van der Waals surface area contributed by atoms with Crippen molar-refractivity contribution < 1.29 is 14.3 Å². The average Bonchev–Trinajstić information content (AvgIpc) is 2.59. The van der Waals surface area contributed by atoms with Gasteiger partial charge in [0.25, 0.3) is 0 Å². The van der Waals surface area contributed by atoms with Gasteiger partial charge in [0, 0.05) is 31.6 Å². The standard InChI is InChI=1S/C18H25N3O3/c1-20-9-8-16-15(12-20)21(10-11-24-16)17(22)7-6-13-4-2-3-5-14(13)18(19)23/h2-5,15-16H,6-12H2,1H3,(H2,19,23)/t15-,16-/m1/s1. The van der Waals surface area contributed by atoms with E-state index in [9.17, 15) is 9.59 Å². The van der Waals surface area contributed by atoms with E-state index in [-0.39, 0.29) is 18.1 Å². The topological polar surface area (TPSA) is 75.9 Å². The summed E-state index contributed by atoms with van der Waals surface area (Å²) in [6.07, 6.45) is 2.03. The molecule has 2 saturated heterocycles. The molecule has 2 atom stereocenters. The van der Waals surface area contributed by atoms with Crippen molar-refractivity contribution in [2.75, 3.05) is 33.3 Å². The number of rotatable bonds is 4. The molecule has 0 aromatic heterocycles. The molecule has 1 aromatic rings. The van der Waals surface area contributed by atoms with E-state index in [1.807, 2.05) is 17.0 Å². The molecule has 0 bridgehead atoms. The maximum Gasteiger partial charge on any atom is 0.248 e. The monoisotopic (exact) mass is 331 g/mol. The number of nitrogens with zero attached hydrogens (tertiary/aromatic N) is 2. The van der Waals surface area contributed by atoms with Crippen molar-refractivity contribution in [3.63, 3.8) is 0 Å². The summed E-state index contributed by atoms with van der Waals surface area (Å²) in [5.74, 6) is -0.318. The van der Waals surface area contributed by atoms with Gasteiger partial charge in [0.05, 0.1) is 18.8 Å². The first-order valence-corrected chi connectivity index (χ1v) is 8.53. The molecule has 0 aliphatic carbocycles. The van der Waals surface area contributed by atoms with Crippen LogP contribution in [0.3, 0.4) is 0 Å². The van der Waals surface area contributed by atoms with E-state index in [1.165, 1.54) is 0 Å². The predicted molar refractivity (Wildman–Crippen MR) is 90.6 cm³/mol. The second-order valence-electron chi connectivity index (χ2n) is 6.64. The molecular weight excluding hydrogens is 306 g/mol. The van der Waals surface area contributed by atoms with Crippen molar-refractivity contribution in [1.82, 2.24) is 9.80 Å². The van der Waals surface area contributed by atoms with Crippen molar-refractivity contribution in [3.8, 4) is 0 Å². The molecule has 2 heterocycles. The van der Waals surface area contributed by atoms with Crippen molar-refractivity contribution in [1.29, 1.82) is 0 Å². The smallest absolute Gasteiger partial charge is 0.248 e. The Balaban J connectivity index is 1.65. The summed E-state index contributed by atoms with van der Waals surface area (Å²) in [5.41, 5.74) is 6.75. The van der Waals surface area contributed by atoms with Gasteiger partial charge in [-0.15, -0.1) is 0 Å². The molecule has 2 aliphatic rings. The summed E-state index contributed by atoms with van der Waals surface area (Å²) in [5, 5.41) is 0. The van der Waals surface area contributed by atoms with Gasteiger partial charge in [0.15, 0.2) is 0 Å². The van der Waals surface area contributed by atoms with Crippen molar-refractivity contribution >= 4 is 11.8 Å². The van der Waals surface area contributed by atoms with Crippen LogP contribution in [0.1, 0.15) is 28.8 Å². The number of likely N-dealkylation sites (N-methyl/N-ethyl adjacent to an activating group) is 1. The third-order valence-corrected chi connectivity index (χ3v) is 5.00. The van der Waals surface area contributed by atoms with Crippen LogP contribution in [-0.4, -0.2) is 67.0 Å². The Bertz CT molecular complexity index is 619. The number of amides is 2. The van der Waals surface area contributed by atoms with Crippen LogP contribution >= 0.6 is 0 Å². The first kappa shape index (κ1) is 16.9. The quantitative estimate of drug-likeness (QED) is 0.879. The Morgan fingerprint density at radius 3 is 2.88 bits per heavy atom. The number of likely N-dealkylation sites (tertiary alicyclic amines) is 1. The second kappa shape index (κ2) is 7.32. The average molecular weight is 331 g/mol. The zero-order valence-corrected chi connectivity index (χ0v) is 14.1. The maximum absolute atomic E-state index is 12.7. The van der Waals surface area contributed by atoms with Gasteiger partial charge in [0.2, 0.25) is 11.8 Å². The van der Waals surface area contributed by atoms with Crippen LogP contribution in [-0.2, 0) is 16.0 Å². The molecule has 130 valence electrons. The Kier molecular flexibility index (Phi) is 5.16. The fourth-order valence-electron chi connectivity index (χ4n) is 3.70. The van der Waals surface area contributed by atoms with Crippen LogP contribution in [0.5, 0.6) is 0 Å². The number of benzene rings is 1. The van der Waals surface area contributed by atoms with Crippen LogP contribution in [0.25, 0.3) is 0 Å². The Morgan fingerprint density at radius 1 is 1.29 bits per heavy atom. The highest BCUT2D eigenvalue weighted by Gasteiger charge is 2.38. The molecule has 6 heteroatoms. The van der Waals surface area contributed by atoms with Gasteiger partial charge in [-0.2, -0.15) is 0 Å². The number of fused-ring (bicyclic) bond motifs is 1. The molecule has 2 N–H and O–H groups in total. The Morgan fingerprint density at radius 2 is 2.08 bits per heavy atom. The van der Waals surface area contributed by atoms with Gasteiger partial charge < -0.3 is 20.3 Å². The summed E-state index contributed by atoms with van der Waals surface area (Å²) in [6.45, 7) is 3.11. The Labute approximate surface area is 142 Å². The molecule has 1 aromatic carbocycles. The lowest BCUT2D eigenvalue weighted by Crippen LogP contribution is -2.60. The van der Waals surface area contributed by atoms with E-state index in [2.05, 4.69) is 11.9 Å². The minimum Gasteiger partial charge on any atom is -0.374 e. The number of morpholine rings is 1. The van der Waals surface area contributed by atoms with Crippen LogP contribution in [0.4, 0.5) is 0 Å². The summed E-state index contributed by atoms with van der Waals surface area (Å²) >= 11 is 0. The molecule has 6 nitrogen and oxygen atoms in total. The highest BCUT2D eigenvalue weighted by molar-refractivity contribution is 5.94. The zero-order chi connectivity index (χ0) is 17.1. The van der Waals surface area contributed by atoms with Crippen molar-refractivity contribution in [3.05, 3.63) is 35.4 Å². The lowest BCUT2D eigenvalue weighted by atomic mass is 9.97. The highest BCUT2D eigenvalue weighted by Crippen LogP contribution is 2.23. The normalized spacial score (nSPS) is 24.5. The maximum atomic E-state index is 12.7. The predicted octanol–water partition coefficient (Wildman–Crippen LogP) is 0.650. The van der Waals surface area contributed by atoms with Gasteiger partial charge in [-0.3, -0.25) is 9.59 Å². The van der Waals surface area contributed by atoms with E-state index in [0.717, 1.165) is 25.1 Å². The van der Waals surface area contributed by atoms with E-state index in [4.69, 9.17) is 10.5 Å². The van der Waals surface area contributed by atoms with Gasteiger partial charge in [-0.05, 0) is 31.5 Å². The van der Waals surface area contributed by atoms with Crippen LogP contribution in [0.15, 0.2) is 24.3 Å². The minimum absolute atomic E-state index is 0.128. The summed E-state index contributed by atoms with van der Waals surface area (Å²) in [6, 6.07) is 7.37. The van der Waals surface area contributed by atoms with E-state index in [0.29, 0.717) is 31.6 Å². The molecule has 0 spiro atoms. The number of ether oxygens (including phenoxy) is 1. The third kappa shape index (κ3) is 3.60. The number of hydrogen-bond acceptors (Lipinski definition) is 4. The summed E-state index contributed by atoms with van der Waals surface area (Å²) in [7, 11) is 2.08. The molecule has 2 amide bonds. The number of carbonyl (C=O) groups is 2. The van der Waals surface area contributed by atoms with E-state index in [1.54, 1.807) is 12.1 Å². The number of hydrogen-bond donors (Lipinski definition) is 1. The molecule has 0 unspecified atom stereocenters. The largest absolute Gasteiger partial charge is 0.374 e. The molecule has 24 heavy (non-hydrogen) atoms.